The zero-order valence-electron chi connectivity index (χ0n) is 18.0. The number of carbonyl (C=O) groups excluding carboxylic acids is 1. The second-order valence-electron chi connectivity index (χ2n) is 8.20. The van der Waals surface area contributed by atoms with E-state index in [-0.39, 0.29) is 5.41 Å². The first kappa shape index (κ1) is 20.7. The summed E-state index contributed by atoms with van der Waals surface area (Å²) in [5.74, 6) is 1.01. The van der Waals surface area contributed by atoms with Gasteiger partial charge in [-0.05, 0) is 62.1 Å². The van der Waals surface area contributed by atoms with Gasteiger partial charge in [0.05, 0.1) is 0 Å². The number of aryl methyl sites for hydroxylation is 4. The lowest BCUT2D eigenvalue weighted by Gasteiger charge is -2.27. The Morgan fingerprint density at radius 1 is 0.690 bits per heavy atom. The van der Waals surface area contributed by atoms with Gasteiger partial charge in [0.15, 0.2) is 0 Å². The fraction of sp³-hybridized carbons (Fsp3) is 0.269. The van der Waals surface area contributed by atoms with Crippen LogP contribution in [-0.2, 0) is 5.41 Å². The van der Waals surface area contributed by atoms with Gasteiger partial charge in [0.1, 0.15) is 11.5 Å². The van der Waals surface area contributed by atoms with Crippen molar-refractivity contribution in [3.05, 3.63) is 94.0 Å². The zero-order chi connectivity index (χ0) is 21.2. The lowest BCUT2D eigenvalue weighted by molar-refractivity contribution is 0.151. The molecule has 3 nitrogen and oxygen atoms in total. The molecule has 0 aliphatic carbocycles. The van der Waals surface area contributed by atoms with Crippen LogP contribution >= 0.6 is 0 Å². The molecule has 0 heterocycles. The summed E-state index contributed by atoms with van der Waals surface area (Å²) in [6.45, 7) is 12.3. The van der Waals surface area contributed by atoms with Crippen LogP contribution in [0.25, 0.3) is 0 Å². The Morgan fingerprint density at radius 2 is 1.24 bits per heavy atom. The van der Waals surface area contributed by atoms with Gasteiger partial charge in [-0.15, -0.1) is 0 Å². The highest BCUT2D eigenvalue weighted by molar-refractivity contribution is 5.68. The molecule has 3 aromatic rings. The molecule has 0 unspecified atom stereocenters. The van der Waals surface area contributed by atoms with Crippen LogP contribution in [0.5, 0.6) is 11.5 Å². The SMILES string of the molecule is Cc1cccc(C(C)(C)c2ccc(OC(=O)Oc3ccc(C)cc3C)c(C)c2)c1. The summed E-state index contributed by atoms with van der Waals surface area (Å²) in [5.41, 5.74) is 6.40. The average molecular weight is 389 g/mol. The van der Waals surface area contributed by atoms with Gasteiger partial charge in [0, 0.05) is 5.41 Å². The minimum atomic E-state index is -0.731. The van der Waals surface area contributed by atoms with Gasteiger partial charge in [0.25, 0.3) is 0 Å². The molecule has 0 fully saturated rings. The fourth-order valence-corrected chi connectivity index (χ4v) is 3.47. The van der Waals surface area contributed by atoms with Crippen molar-refractivity contribution in [1.82, 2.24) is 0 Å². The van der Waals surface area contributed by atoms with E-state index < -0.39 is 6.16 Å². The molecule has 3 aromatic carbocycles. The maximum atomic E-state index is 12.3. The molecule has 0 bridgehead atoms. The monoisotopic (exact) mass is 388 g/mol. The van der Waals surface area contributed by atoms with E-state index in [1.165, 1.54) is 11.1 Å². The van der Waals surface area contributed by atoms with Crippen LogP contribution in [0.3, 0.4) is 0 Å². The van der Waals surface area contributed by atoms with E-state index in [1.807, 2.05) is 45.0 Å². The minimum Gasteiger partial charge on any atom is -0.394 e. The van der Waals surface area contributed by atoms with Gasteiger partial charge < -0.3 is 9.47 Å². The summed E-state index contributed by atoms with van der Waals surface area (Å²) in [4.78, 5) is 12.3. The smallest absolute Gasteiger partial charge is 0.394 e. The van der Waals surface area contributed by atoms with Crippen molar-refractivity contribution in [2.45, 2.75) is 47.0 Å². The fourth-order valence-electron chi connectivity index (χ4n) is 3.47. The number of ether oxygens (including phenoxy) is 2. The Labute approximate surface area is 173 Å². The zero-order valence-corrected chi connectivity index (χ0v) is 18.0. The van der Waals surface area contributed by atoms with Crippen molar-refractivity contribution in [3.8, 4) is 11.5 Å². The first-order chi connectivity index (χ1) is 13.7. The minimum absolute atomic E-state index is 0.158. The van der Waals surface area contributed by atoms with Crippen molar-refractivity contribution in [1.29, 1.82) is 0 Å². The molecule has 0 saturated heterocycles. The molecule has 3 rings (SSSR count). The standard InChI is InChI=1S/C26H28O3/c1-17-8-7-9-21(15-17)26(5,6)22-11-13-24(20(4)16-22)29-25(27)28-23-12-10-18(2)14-19(23)3/h7-16H,1-6H3. The summed E-state index contributed by atoms with van der Waals surface area (Å²) >= 11 is 0. The van der Waals surface area contributed by atoms with E-state index in [9.17, 15) is 4.79 Å². The normalized spacial score (nSPS) is 11.2. The highest BCUT2D eigenvalue weighted by Crippen LogP contribution is 2.34. The van der Waals surface area contributed by atoms with Crippen molar-refractivity contribution < 1.29 is 14.3 Å². The molecule has 0 radical (unpaired) electrons. The predicted octanol–water partition coefficient (Wildman–Crippen LogP) is 6.82. The lowest BCUT2D eigenvalue weighted by atomic mass is 9.77. The maximum absolute atomic E-state index is 12.3. The van der Waals surface area contributed by atoms with E-state index in [0.29, 0.717) is 11.5 Å². The quantitative estimate of drug-likeness (QED) is 0.363. The molecule has 0 amide bonds. The van der Waals surface area contributed by atoms with Crippen molar-refractivity contribution in [2.75, 3.05) is 0 Å². The Balaban J connectivity index is 1.78. The van der Waals surface area contributed by atoms with E-state index in [2.05, 4.69) is 51.1 Å². The summed E-state index contributed by atoms with van der Waals surface area (Å²) in [6, 6.07) is 20.1. The topological polar surface area (TPSA) is 35.5 Å². The van der Waals surface area contributed by atoms with Crippen LogP contribution in [0, 0.1) is 27.7 Å². The van der Waals surface area contributed by atoms with Crippen LogP contribution < -0.4 is 9.47 Å². The van der Waals surface area contributed by atoms with Crippen LogP contribution in [-0.4, -0.2) is 6.16 Å². The van der Waals surface area contributed by atoms with E-state index in [4.69, 9.17) is 9.47 Å². The first-order valence-electron chi connectivity index (χ1n) is 9.82. The molecule has 0 spiro atoms. The molecule has 0 aliphatic rings. The second-order valence-corrected chi connectivity index (χ2v) is 8.20. The van der Waals surface area contributed by atoms with Crippen molar-refractivity contribution in [3.63, 3.8) is 0 Å². The molecule has 0 N–H and O–H groups in total. The van der Waals surface area contributed by atoms with Crippen LogP contribution in [0.15, 0.2) is 60.7 Å². The third-order valence-corrected chi connectivity index (χ3v) is 5.35. The summed E-state index contributed by atoms with van der Waals surface area (Å²) < 4.78 is 10.8. The molecule has 0 aliphatic heterocycles. The van der Waals surface area contributed by atoms with Gasteiger partial charge >= 0.3 is 6.16 Å². The number of hydrogen-bond acceptors (Lipinski definition) is 3. The molecular weight excluding hydrogens is 360 g/mol. The first-order valence-corrected chi connectivity index (χ1v) is 9.82. The van der Waals surface area contributed by atoms with Gasteiger partial charge in [0.2, 0.25) is 0 Å². The Hall–Kier alpha value is -3.07. The second kappa shape index (κ2) is 8.12. The van der Waals surface area contributed by atoms with Crippen LogP contribution in [0.1, 0.15) is 47.2 Å². The maximum Gasteiger partial charge on any atom is 0.519 e. The molecule has 0 aromatic heterocycles. The highest BCUT2D eigenvalue weighted by atomic mass is 16.7. The number of hydrogen-bond donors (Lipinski definition) is 0. The van der Waals surface area contributed by atoms with Crippen LogP contribution in [0.2, 0.25) is 0 Å². The molecule has 3 heteroatoms. The summed E-state index contributed by atoms with van der Waals surface area (Å²) in [6.07, 6.45) is -0.731. The van der Waals surface area contributed by atoms with Gasteiger partial charge in [-0.25, -0.2) is 4.79 Å². The predicted molar refractivity (Wildman–Crippen MR) is 117 cm³/mol. The van der Waals surface area contributed by atoms with Crippen LogP contribution in [0.4, 0.5) is 4.79 Å². The summed E-state index contributed by atoms with van der Waals surface area (Å²) in [5, 5.41) is 0. The van der Waals surface area contributed by atoms with Gasteiger partial charge in [-0.1, -0.05) is 73.5 Å². The Kier molecular flexibility index (Phi) is 5.78. The third-order valence-electron chi connectivity index (χ3n) is 5.35. The molecule has 0 atom stereocenters. The van der Waals surface area contributed by atoms with Gasteiger partial charge in [-0.3, -0.25) is 0 Å². The highest BCUT2D eigenvalue weighted by Gasteiger charge is 2.24. The average Bonchev–Trinajstić information content (AvgIpc) is 2.65. The molecule has 150 valence electrons. The summed E-state index contributed by atoms with van der Waals surface area (Å²) in [7, 11) is 0. The number of benzene rings is 3. The van der Waals surface area contributed by atoms with Gasteiger partial charge in [-0.2, -0.15) is 0 Å². The van der Waals surface area contributed by atoms with E-state index in [1.54, 1.807) is 6.07 Å². The lowest BCUT2D eigenvalue weighted by Crippen LogP contribution is -2.20. The Bertz CT molecular complexity index is 1050. The third kappa shape index (κ3) is 4.68. The van der Waals surface area contributed by atoms with Crippen molar-refractivity contribution in [2.24, 2.45) is 0 Å². The molecular formula is C26H28O3. The molecule has 29 heavy (non-hydrogen) atoms. The number of rotatable bonds is 4. The number of carbonyl (C=O) groups is 1. The van der Waals surface area contributed by atoms with E-state index >= 15 is 0 Å². The van der Waals surface area contributed by atoms with Crippen molar-refractivity contribution >= 4 is 6.16 Å². The molecule has 0 saturated carbocycles. The largest absolute Gasteiger partial charge is 0.519 e. The van der Waals surface area contributed by atoms with E-state index in [0.717, 1.165) is 22.3 Å². The Morgan fingerprint density at radius 3 is 1.83 bits per heavy atom.